The summed E-state index contributed by atoms with van der Waals surface area (Å²) in [5.41, 5.74) is 0. The van der Waals surface area contributed by atoms with E-state index in [0.717, 1.165) is 18.2 Å². The number of benzene rings is 2. The summed E-state index contributed by atoms with van der Waals surface area (Å²) in [6.07, 6.45) is 0. The van der Waals surface area contributed by atoms with Crippen molar-refractivity contribution in [2.45, 2.75) is 0 Å². The van der Waals surface area contributed by atoms with Gasteiger partial charge in [0.05, 0.1) is 0 Å². The zero-order valence-corrected chi connectivity index (χ0v) is 13.9. The predicted molar refractivity (Wildman–Crippen MR) is 82.3 cm³/mol. The number of hydrogen-bond acceptors (Lipinski definition) is 10. The van der Waals surface area contributed by atoms with Gasteiger partial charge in [-0.2, -0.15) is 16.8 Å². The third-order valence-electron chi connectivity index (χ3n) is 2.51. The topological polar surface area (TPSA) is 197 Å². The molecule has 5 N–H and O–H groups in total. The maximum Gasteiger partial charge on any atom is 0.446 e. The molecule has 142 valence electrons. The maximum absolute atomic E-state index is 10.7. The molecule has 0 aliphatic heterocycles. The highest BCUT2D eigenvalue weighted by molar-refractivity contribution is 7.81. The Bertz CT molecular complexity index is 1020. The molecule has 0 saturated heterocycles. The minimum absolute atomic E-state index is 0.335. The van der Waals surface area contributed by atoms with Gasteiger partial charge in [0.15, 0.2) is 23.0 Å². The van der Waals surface area contributed by atoms with Crippen molar-refractivity contribution in [3.63, 3.8) is 0 Å². The first-order valence-corrected chi connectivity index (χ1v) is 8.97. The van der Waals surface area contributed by atoms with Gasteiger partial charge in [-0.15, -0.1) is 0 Å². The van der Waals surface area contributed by atoms with Crippen LogP contribution in [0.4, 0.5) is 0 Å². The van der Waals surface area contributed by atoms with Crippen LogP contribution in [-0.2, 0) is 20.8 Å². The fraction of sp³-hybridized carbons (Fsp3) is 0. The molecule has 0 bridgehead atoms. The maximum atomic E-state index is 10.7. The van der Waals surface area contributed by atoms with Gasteiger partial charge in [-0.05, 0) is 0 Å². The molecule has 2 aromatic carbocycles. The number of phenols is 3. The highest BCUT2D eigenvalue weighted by atomic mass is 32.3. The second kappa shape index (κ2) is 6.75. The van der Waals surface area contributed by atoms with E-state index >= 15 is 0 Å². The van der Waals surface area contributed by atoms with E-state index in [-0.39, 0.29) is 5.75 Å². The van der Waals surface area contributed by atoms with Crippen molar-refractivity contribution < 1.29 is 54.4 Å². The molecule has 0 saturated carbocycles. The zero-order valence-electron chi connectivity index (χ0n) is 12.3. The van der Waals surface area contributed by atoms with Gasteiger partial charge in [0, 0.05) is 30.3 Å². The lowest BCUT2D eigenvalue weighted by Crippen LogP contribution is -2.06. The van der Waals surface area contributed by atoms with Crippen molar-refractivity contribution in [1.82, 2.24) is 0 Å². The summed E-state index contributed by atoms with van der Waals surface area (Å²) in [5.74, 6) is -4.36. The summed E-state index contributed by atoms with van der Waals surface area (Å²) in [5, 5.41) is 29.1. The summed E-state index contributed by atoms with van der Waals surface area (Å²) in [7, 11) is -9.79. The van der Waals surface area contributed by atoms with E-state index < -0.39 is 55.3 Å². The Morgan fingerprint density at radius 1 is 0.654 bits per heavy atom. The zero-order chi connectivity index (χ0) is 19.7. The lowest BCUT2D eigenvalue weighted by atomic mass is 10.2. The van der Waals surface area contributed by atoms with Crippen molar-refractivity contribution in [3.05, 3.63) is 30.3 Å². The summed E-state index contributed by atoms with van der Waals surface area (Å²) in [4.78, 5) is 0. The van der Waals surface area contributed by atoms with Gasteiger partial charge in [0.2, 0.25) is 5.75 Å². The smallest absolute Gasteiger partial charge is 0.446 e. The van der Waals surface area contributed by atoms with Gasteiger partial charge in [0.1, 0.15) is 11.5 Å². The Morgan fingerprint density at radius 2 is 1.08 bits per heavy atom. The molecule has 0 aliphatic carbocycles. The number of aromatic hydroxyl groups is 3. The van der Waals surface area contributed by atoms with E-state index in [0.29, 0.717) is 12.1 Å². The fourth-order valence-electron chi connectivity index (χ4n) is 1.75. The first-order chi connectivity index (χ1) is 11.8. The van der Waals surface area contributed by atoms with Gasteiger partial charge in [-0.3, -0.25) is 9.11 Å². The number of rotatable bonds is 6. The lowest BCUT2D eigenvalue weighted by molar-refractivity contribution is 0.360. The fourth-order valence-corrected chi connectivity index (χ4v) is 2.43. The number of hydrogen-bond donors (Lipinski definition) is 5. The van der Waals surface area contributed by atoms with Crippen molar-refractivity contribution in [2.75, 3.05) is 0 Å². The van der Waals surface area contributed by atoms with Crippen molar-refractivity contribution in [3.8, 4) is 40.2 Å². The molecule has 0 atom stereocenters. The Labute approximate surface area is 146 Å². The van der Waals surface area contributed by atoms with Gasteiger partial charge < -0.3 is 28.4 Å². The average molecular weight is 410 g/mol. The minimum Gasteiger partial charge on any atom is -0.508 e. The highest BCUT2D eigenvalue weighted by Gasteiger charge is 2.18. The molecular formula is C12H10O12S2. The van der Waals surface area contributed by atoms with Crippen LogP contribution >= 0.6 is 0 Å². The summed E-state index contributed by atoms with van der Waals surface area (Å²) in [6.45, 7) is 0. The summed E-state index contributed by atoms with van der Waals surface area (Å²) >= 11 is 0. The SMILES string of the molecule is O=S(=O)(O)Oc1cc(O)cc(Oc2c(O)cc(OS(=O)(=O)O)cc2O)c1. The van der Waals surface area contributed by atoms with Crippen LogP contribution < -0.4 is 13.1 Å². The highest BCUT2D eigenvalue weighted by Crippen LogP contribution is 2.43. The molecule has 0 aromatic heterocycles. The monoisotopic (exact) mass is 410 g/mol. The number of phenolic OH excluding ortho intramolecular Hbond substituents is 3. The van der Waals surface area contributed by atoms with E-state index in [1.165, 1.54) is 0 Å². The molecule has 0 unspecified atom stereocenters. The van der Waals surface area contributed by atoms with Crippen LogP contribution in [-0.4, -0.2) is 41.3 Å². The molecule has 0 amide bonds. The second-order valence-electron chi connectivity index (χ2n) is 4.58. The Morgan fingerprint density at radius 3 is 1.54 bits per heavy atom. The van der Waals surface area contributed by atoms with Crippen LogP contribution in [0.3, 0.4) is 0 Å². The first kappa shape index (κ1) is 19.4. The summed E-state index contributed by atoms with van der Waals surface area (Å²) in [6, 6.07) is 4.01. The van der Waals surface area contributed by atoms with Crippen LogP contribution in [0.2, 0.25) is 0 Å². The van der Waals surface area contributed by atoms with E-state index in [1.54, 1.807) is 0 Å². The van der Waals surface area contributed by atoms with Crippen LogP contribution in [0.1, 0.15) is 0 Å². The molecule has 26 heavy (non-hydrogen) atoms. The van der Waals surface area contributed by atoms with E-state index in [9.17, 15) is 32.2 Å². The quantitative estimate of drug-likeness (QED) is 0.423. The Hall–Kier alpha value is -2.94. The molecule has 0 aliphatic rings. The van der Waals surface area contributed by atoms with E-state index in [1.807, 2.05) is 0 Å². The van der Waals surface area contributed by atoms with Crippen LogP contribution in [0.15, 0.2) is 30.3 Å². The molecule has 0 spiro atoms. The molecule has 14 heteroatoms. The minimum atomic E-state index is -4.90. The van der Waals surface area contributed by atoms with Gasteiger partial charge >= 0.3 is 20.8 Å². The lowest BCUT2D eigenvalue weighted by Gasteiger charge is -2.12. The molecule has 12 nitrogen and oxygen atoms in total. The molecule has 0 heterocycles. The summed E-state index contributed by atoms with van der Waals surface area (Å²) < 4.78 is 73.1. The molecule has 0 fully saturated rings. The van der Waals surface area contributed by atoms with Crippen LogP contribution in [0, 0.1) is 0 Å². The van der Waals surface area contributed by atoms with Crippen molar-refractivity contribution in [1.29, 1.82) is 0 Å². The van der Waals surface area contributed by atoms with Crippen molar-refractivity contribution in [2.24, 2.45) is 0 Å². The molecule has 2 aromatic rings. The van der Waals surface area contributed by atoms with E-state index in [4.69, 9.17) is 13.8 Å². The Kier molecular flexibility index (Phi) is 5.04. The average Bonchev–Trinajstić information content (AvgIpc) is 2.38. The number of ether oxygens (including phenoxy) is 1. The predicted octanol–water partition coefficient (Wildman–Crippen LogP) is 0.959. The largest absolute Gasteiger partial charge is 0.508 e. The molecule has 0 radical (unpaired) electrons. The first-order valence-electron chi connectivity index (χ1n) is 6.24. The third kappa shape index (κ3) is 5.55. The Balaban J connectivity index is 2.37. The molecular weight excluding hydrogens is 400 g/mol. The van der Waals surface area contributed by atoms with Crippen LogP contribution in [0.25, 0.3) is 0 Å². The van der Waals surface area contributed by atoms with Crippen LogP contribution in [0.5, 0.6) is 40.2 Å². The standard InChI is InChI=1S/C12H10O12S2/c13-6-1-7(3-8(2-6)23-25(16,17)18)22-12-10(14)4-9(5-11(12)15)24-26(19,20)21/h1-5,13-15H,(H,16,17,18)(H,19,20,21). The normalized spacial score (nSPS) is 11.8. The third-order valence-corrected chi connectivity index (χ3v) is 3.32. The van der Waals surface area contributed by atoms with E-state index in [2.05, 4.69) is 8.37 Å². The molecule has 2 rings (SSSR count). The second-order valence-corrected chi connectivity index (χ2v) is 6.62. The van der Waals surface area contributed by atoms with Crippen molar-refractivity contribution >= 4 is 20.8 Å². The van der Waals surface area contributed by atoms with Gasteiger partial charge in [-0.25, -0.2) is 0 Å². The van der Waals surface area contributed by atoms with Gasteiger partial charge in [0.25, 0.3) is 0 Å². The van der Waals surface area contributed by atoms with Gasteiger partial charge in [-0.1, -0.05) is 0 Å².